The Bertz CT molecular complexity index is 888. The number of nitrogens with zero attached hydrogens (tertiary/aromatic N) is 4. The predicted molar refractivity (Wildman–Crippen MR) is 113 cm³/mol. The highest BCUT2D eigenvalue weighted by Crippen LogP contribution is 2.19. The largest absolute Gasteiger partial charge is 0.345 e. The normalized spacial score (nSPS) is 18.6. The number of rotatable bonds is 5. The predicted octanol–water partition coefficient (Wildman–Crippen LogP) is 0.353. The monoisotopic (exact) mass is 425 g/mol. The van der Waals surface area contributed by atoms with Crippen molar-refractivity contribution >= 4 is 29.3 Å². The molecular weight excluding hydrogens is 398 g/mol. The molecule has 4 amide bonds. The summed E-state index contributed by atoms with van der Waals surface area (Å²) in [5.41, 5.74) is 1.89. The van der Waals surface area contributed by atoms with E-state index in [1.165, 1.54) is 9.91 Å². The third kappa shape index (κ3) is 5.28. The van der Waals surface area contributed by atoms with E-state index < -0.39 is 11.8 Å². The Kier molecular flexibility index (Phi) is 6.29. The molecular formula is C22H27N5O4. The van der Waals surface area contributed by atoms with Gasteiger partial charge in [-0.2, -0.15) is 5.10 Å². The van der Waals surface area contributed by atoms with Crippen molar-refractivity contribution in [2.75, 3.05) is 32.7 Å². The molecule has 164 valence electrons. The number of hydrogen-bond donors (Lipinski definition) is 1. The first kappa shape index (κ1) is 21.0. The molecule has 2 aliphatic heterocycles. The molecule has 1 aliphatic carbocycles. The number of piperazine rings is 1. The van der Waals surface area contributed by atoms with E-state index in [0.717, 1.165) is 24.1 Å². The van der Waals surface area contributed by atoms with Gasteiger partial charge in [-0.25, -0.2) is 5.01 Å². The molecule has 2 fully saturated rings. The molecule has 0 spiro atoms. The maximum atomic E-state index is 12.5. The molecule has 1 saturated carbocycles. The maximum Gasteiger partial charge on any atom is 0.312 e. The van der Waals surface area contributed by atoms with E-state index in [0.29, 0.717) is 39.1 Å². The maximum absolute atomic E-state index is 12.5. The minimum atomic E-state index is -0.561. The number of nitrogens with one attached hydrogen (secondary N) is 1. The van der Waals surface area contributed by atoms with Gasteiger partial charge in [0.2, 0.25) is 11.8 Å². The first-order valence-corrected chi connectivity index (χ1v) is 10.8. The molecule has 9 heteroatoms. The van der Waals surface area contributed by atoms with Gasteiger partial charge in [-0.1, -0.05) is 30.3 Å². The van der Waals surface area contributed by atoms with Crippen molar-refractivity contribution in [3.05, 3.63) is 35.9 Å². The Morgan fingerprint density at radius 3 is 2.19 bits per heavy atom. The summed E-state index contributed by atoms with van der Waals surface area (Å²) in [6.45, 7) is 1.92. The summed E-state index contributed by atoms with van der Waals surface area (Å²) >= 11 is 0. The van der Waals surface area contributed by atoms with Crippen LogP contribution in [0, 0.1) is 0 Å². The van der Waals surface area contributed by atoms with Crippen LogP contribution in [0.1, 0.15) is 37.7 Å². The number of carbonyl (C=O) groups is 4. The zero-order valence-electron chi connectivity index (χ0n) is 17.5. The van der Waals surface area contributed by atoms with Crippen molar-refractivity contribution in [1.82, 2.24) is 20.1 Å². The average molecular weight is 425 g/mol. The van der Waals surface area contributed by atoms with Gasteiger partial charge in [-0.3, -0.25) is 19.2 Å². The van der Waals surface area contributed by atoms with E-state index in [-0.39, 0.29) is 30.7 Å². The van der Waals surface area contributed by atoms with Crippen molar-refractivity contribution in [1.29, 1.82) is 0 Å². The molecule has 1 aromatic carbocycles. The van der Waals surface area contributed by atoms with Crippen LogP contribution in [-0.2, 0) is 19.2 Å². The van der Waals surface area contributed by atoms with E-state index in [1.54, 1.807) is 4.90 Å². The van der Waals surface area contributed by atoms with E-state index in [2.05, 4.69) is 10.4 Å². The standard InChI is InChI=1S/C22H27N5O4/c28-19(25-12-14-26(15-13-25)22(31)21(30)23-17-6-7-17)8-9-20(29)27-11-10-18(24-27)16-4-2-1-3-5-16/h1-5,17H,6-15H2,(H,23,30). The third-order valence-corrected chi connectivity index (χ3v) is 5.78. The first-order valence-electron chi connectivity index (χ1n) is 10.8. The molecule has 1 saturated heterocycles. The highest BCUT2D eigenvalue weighted by Gasteiger charge is 2.31. The van der Waals surface area contributed by atoms with Gasteiger partial charge in [-0.05, 0) is 18.4 Å². The lowest BCUT2D eigenvalue weighted by molar-refractivity contribution is -0.148. The van der Waals surface area contributed by atoms with Gasteiger partial charge in [0.1, 0.15) is 0 Å². The molecule has 2 heterocycles. The van der Waals surface area contributed by atoms with E-state index in [4.69, 9.17) is 0 Å². The molecule has 0 bridgehead atoms. The molecule has 0 radical (unpaired) electrons. The average Bonchev–Trinajstić information content (AvgIpc) is 3.48. The second-order valence-corrected chi connectivity index (χ2v) is 8.10. The summed E-state index contributed by atoms with van der Waals surface area (Å²) in [6, 6.07) is 9.89. The zero-order chi connectivity index (χ0) is 21.8. The molecule has 4 rings (SSSR count). The van der Waals surface area contributed by atoms with Gasteiger partial charge < -0.3 is 15.1 Å². The molecule has 0 atom stereocenters. The number of amides is 4. The first-order chi connectivity index (χ1) is 15.0. The quantitative estimate of drug-likeness (QED) is 0.688. The van der Waals surface area contributed by atoms with Crippen molar-refractivity contribution in [3.8, 4) is 0 Å². The lowest BCUT2D eigenvalue weighted by Crippen LogP contribution is -2.54. The lowest BCUT2D eigenvalue weighted by atomic mass is 10.1. The fraction of sp³-hybridized carbons (Fsp3) is 0.500. The van der Waals surface area contributed by atoms with E-state index in [1.807, 2.05) is 30.3 Å². The SMILES string of the molecule is O=C(NC1CC1)C(=O)N1CCN(C(=O)CCC(=O)N2CCC(c3ccccc3)=N2)CC1. The topological polar surface area (TPSA) is 102 Å². The molecule has 1 N–H and O–H groups in total. The summed E-state index contributed by atoms with van der Waals surface area (Å²) in [7, 11) is 0. The van der Waals surface area contributed by atoms with Gasteiger partial charge in [0.25, 0.3) is 0 Å². The number of carbonyl (C=O) groups excluding carboxylic acids is 4. The van der Waals surface area contributed by atoms with Crippen molar-refractivity contribution in [2.45, 2.75) is 38.1 Å². The van der Waals surface area contributed by atoms with Crippen molar-refractivity contribution < 1.29 is 19.2 Å². The van der Waals surface area contributed by atoms with Crippen LogP contribution in [0.5, 0.6) is 0 Å². The Morgan fingerprint density at radius 2 is 1.52 bits per heavy atom. The van der Waals surface area contributed by atoms with Gasteiger partial charge in [0, 0.05) is 51.5 Å². The second kappa shape index (κ2) is 9.28. The highest BCUT2D eigenvalue weighted by molar-refractivity contribution is 6.35. The number of benzene rings is 1. The van der Waals surface area contributed by atoms with Gasteiger partial charge in [-0.15, -0.1) is 0 Å². The van der Waals surface area contributed by atoms with Crippen LogP contribution >= 0.6 is 0 Å². The van der Waals surface area contributed by atoms with Crippen LogP contribution in [-0.4, -0.2) is 82.9 Å². The van der Waals surface area contributed by atoms with E-state index >= 15 is 0 Å². The zero-order valence-corrected chi connectivity index (χ0v) is 17.5. The summed E-state index contributed by atoms with van der Waals surface area (Å²) in [5.74, 6) is -1.37. The van der Waals surface area contributed by atoms with Crippen LogP contribution in [0.4, 0.5) is 0 Å². The third-order valence-electron chi connectivity index (χ3n) is 5.78. The van der Waals surface area contributed by atoms with Crippen molar-refractivity contribution in [3.63, 3.8) is 0 Å². The smallest absolute Gasteiger partial charge is 0.312 e. The number of hydrazone groups is 1. The van der Waals surface area contributed by atoms with Gasteiger partial charge in [0.05, 0.1) is 12.3 Å². The molecule has 31 heavy (non-hydrogen) atoms. The Hall–Kier alpha value is -3.23. The second-order valence-electron chi connectivity index (χ2n) is 8.10. The van der Waals surface area contributed by atoms with Crippen LogP contribution in [0.3, 0.4) is 0 Å². The van der Waals surface area contributed by atoms with Gasteiger partial charge >= 0.3 is 11.8 Å². The summed E-state index contributed by atoms with van der Waals surface area (Å²) in [6.07, 6.45) is 2.77. The van der Waals surface area contributed by atoms with Crippen LogP contribution < -0.4 is 5.32 Å². The molecule has 0 aromatic heterocycles. The molecule has 9 nitrogen and oxygen atoms in total. The van der Waals surface area contributed by atoms with E-state index in [9.17, 15) is 19.2 Å². The minimum Gasteiger partial charge on any atom is -0.345 e. The highest BCUT2D eigenvalue weighted by atomic mass is 16.2. The summed E-state index contributed by atoms with van der Waals surface area (Å²) in [4.78, 5) is 52.2. The summed E-state index contributed by atoms with van der Waals surface area (Å²) < 4.78 is 0. The lowest BCUT2D eigenvalue weighted by Gasteiger charge is -2.34. The molecule has 3 aliphatic rings. The fourth-order valence-corrected chi connectivity index (χ4v) is 3.75. The summed E-state index contributed by atoms with van der Waals surface area (Å²) in [5, 5.41) is 8.56. The fourth-order valence-electron chi connectivity index (χ4n) is 3.75. The molecule has 1 aromatic rings. The van der Waals surface area contributed by atoms with Crippen LogP contribution in [0.2, 0.25) is 0 Å². The van der Waals surface area contributed by atoms with Crippen LogP contribution in [0.15, 0.2) is 35.4 Å². The minimum absolute atomic E-state index is 0.105. The Balaban J connectivity index is 1.20. The Morgan fingerprint density at radius 1 is 0.871 bits per heavy atom. The molecule has 0 unspecified atom stereocenters. The number of hydrogen-bond acceptors (Lipinski definition) is 5. The van der Waals surface area contributed by atoms with Gasteiger partial charge in [0.15, 0.2) is 0 Å². The Labute approximate surface area is 181 Å². The van der Waals surface area contributed by atoms with Crippen molar-refractivity contribution in [2.24, 2.45) is 5.10 Å². The van der Waals surface area contributed by atoms with Crippen LogP contribution in [0.25, 0.3) is 0 Å².